The summed E-state index contributed by atoms with van der Waals surface area (Å²) in [7, 11) is 0. The van der Waals surface area contributed by atoms with Crippen molar-refractivity contribution in [3.05, 3.63) is 66.5 Å². The Kier molecular flexibility index (Phi) is 4.71. The summed E-state index contributed by atoms with van der Waals surface area (Å²) in [6, 6.07) is 18.2. The van der Waals surface area contributed by atoms with Crippen LogP contribution in [-0.2, 0) is 11.3 Å². The topological polar surface area (TPSA) is 41.4 Å². The highest BCUT2D eigenvalue weighted by molar-refractivity contribution is 5.83. The van der Waals surface area contributed by atoms with Crippen molar-refractivity contribution in [2.45, 2.75) is 19.5 Å². The molecule has 2 aromatic carbocycles. The molecule has 0 saturated carbocycles. The van der Waals surface area contributed by atoms with Gasteiger partial charge in [-0.25, -0.2) is 4.98 Å². The summed E-state index contributed by atoms with van der Waals surface area (Å²) in [5.74, 6) is 0.174. The van der Waals surface area contributed by atoms with Crippen LogP contribution >= 0.6 is 0 Å². The third-order valence-corrected chi connectivity index (χ3v) is 5.19. The van der Waals surface area contributed by atoms with Crippen LogP contribution in [0.3, 0.4) is 0 Å². The van der Waals surface area contributed by atoms with Gasteiger partial charge in [0, 0.05) is 32.7 Å². The smallest absolute Gasteiger partial charge is 0.245 e. The average Bonchev–Trinajstić information content (AvgIpc) is 3.12. The lowest BCUT2D eigenvalue weighted by molar-refractivity contribution is -0.136. The van der Waals surface area contributed by atoms with E-state index in [2.05, 4.69) is 34.1 Å². The summed E-state index contributed by atoms with van der Waals surface area (Å²) in [4.78, 5) is 21.8. The van der Waals surface area contributed by atoms with Crippen LogP contribution in [0.2, 0.25) is 0 Å². The van der Waals surface area contributed by atoms with E-state index < -0.39 is 0 Å². The number of carbonyl (C=O) groups is 1. The minimum atomic E-state index is -0.233. The molecule has 0 aliphatic carbocycles. The molecule has 1 saturated heterocycles. The second-order valence-corrected chi connectivity index (χ2v) is 6.90. The lowest BCUT2D eigenvalue weighted by atomic mass is 10.2. The van der Waals surface area contributed by atoms with Crippen molar-refractivity contribution in [2.75, 3.05) is 26.2 Å². The van der Waals surface area contributed by atoms with E-state index in [1.807, 2.05) is 46.7 Å². The molecule has 1 amide bonds. The Bertz CT molecular complexity index is 881. The van der Waals surface area contributed by atoms with Crippen molar-refractivity contribution < 1.29 is 4.79 Å². The molecular weight excluding hydrogens is 324 g/mol. The molecule has 4 rings (SSSR count). The van der Waals surface area contributed by atoms with Gasteiger partial charge in [-0.15, -0.1) is 0 Å². The highest BCUT2D eigenvalue weighted by Gasteiger charge is 2.26. The maximum absolute atomic E-state index is 13.0. The van der Waals surface area contributed by atoms with Crippen molar-refractivity contribution in [1.29, 1.82) is 0 Å². The van der Waals surface area contributed by atoms with E-state index in [0.29, 0.717) is 0 Å². The van der Waals surface area contributed by atoms with Gasteiger partial charge in [0.1, 0.15) is 6.04 Å². The van der Waals surface area contributed by atoms with Crippen LogP contribution in [0.15, 0.2) is 60.9 Å². The molecule has 2 heterocycles. The summed E-state index contributed by atoms with van der Waals surface area (Å²) in [5, 5.41) is 0. The van der Waals surface area contributed by atoms with Gasteiger partial charge >= 0.3 is 0 Å². The average molecular weight is 348 g/mol. The first-order valence-corrected chi connectivity index (χ1v) is 9.19. The normalized spacial score (nSPS) is 16.7. The molecule has 134 valence electrons. The van der Waals surface area contributed by atoms with Crippen LogP contribution in [0.5, 0.6) is 0 Å². The van der Waals surface area contributed by atoms with Gasteiger partial charge in [-0.05, 0) is 24.6 Å². The van der Waals surface area contributed by atoms with E-state index >= 15 is 0 Å². The number of carbonyl (C=O) groups excluding carboxylic acids is 1. The Morgan fingerprint density at radius 1 is 1.00 bits per heavy atom. The molecule has 0 spiro atoms. The first kappa shape index (κ1) is 16.8. The van der Waals surface area contributed by atoms with Crippen LogP contribution in [0.1, 0.15) is 18.5 Å². The number of hydrogen-bond acceptors (Lipinski definition) is 3. The number of para-hydroxylation sites is 2. The summed E-state index contributed by atoms with van der Waals surface area (Å²) in [6.45, 7) is 6.30. The summed E-state index contributed by atoms with van der Waals surface area (Å²) in [6.07, 6.45) is 1.78. The van der Waals surface area contributed by atoms with Gasteiger partial charge in [-0.3, -0.25) is 9.69 Å². The molecular formula is C21H24N4O. The summed E-state index contributed by atoms with van der Waals surface area (Å²) >= 11 is 0. The highest BCUT2D eigenvalue weighted by Crippen LogP contribution is 2.20. The highest BCUT2D eigenvalue weighted by atomic mass is 16.2. The molecule has 0 bridgehead atoms. The summed E-state index contributed by atoms with van der Waals surface area (Å²) < 4.78 is 1.98. The van der Waals surface area contributed by atoms with Crippen molar-refractivity contribution in [3.8, 4) is 0 Å². The molecule has 1 unspecified atom stereocenters. The quantitative estimate of drug-likeness (QED) is 0.728. The second-order valence-electron chi connectivity index (χ2n) is 6.90. The molecule has 5 heteroatoms. The molecule has 0 N–H and O–H groups in total. The Hall–Kier alpha value is -2.66. The molecule has 1 aliphatic heterocycles. The Morgan fingerprint density at radius 2 is 1.69 bits per heavy atom. The number of fused-ring (bicyclic) bond motifs is 1. The van der Waals surface area contributed by atoms with Crippen LogP contribution in [0, 0.1) is 0 Å². The molecule has 3 aromatic rings. The van der Waals surface area contributed by atoms with Crippen molar-refractivity contribution >= 4 is 16.9 Å². The van der Waals surface area contributed by atoms with Crippen LogP contribution in [-0.4, -0.2) is 51.4 Å². The molecule has 5 nitrogen and oxygen atoms in total. The van der Waals surface area contributed by atoms with E-state index in [4.69, 9.17) is 0 Å². The fourth-order valence-electron chi connectivity index (χ4n) is 3.64. The lowest BCUT2D eigenvalue weighted by Gasteiger charge is -2.36. The molecule has 26 heavy (non-hydrogen) atoms. The van der Waals surface area contributed by atoms with Gasteiger partial charge in [-0.2, -0.15) is 0 Å². The van der Waals surface area contributed by atoms with Gasteiger partial charge in [0.2, 0.25) is 5.91 Å². The minimum Gasteiger partial charge on any atom is -0.338 e. The minimum absolute atomic E-state index is 0.174. The van der Waals surface area contributed by atoms with Crippen molar-refractivity contribution in [3.63, 3.8) is 0 Å². The third-order valence-electron chi connectivity index (χ3n) is 5.19. The molecule has 1 atom stereocenters. The summed E-state index contributed by atoms with van der Waals surface area (Å²) in [5.41, 5.74) is 3.27. The lowest BCUT2D eigenvalue weighted by Crippen LogP contribution is -2.49. The standard InChI is InChI=1S/C21H24N4O/c1-17(25-16-22-19-9-5-6-10-20(19)25)21(26)24-13-11-23(12-14-24)15-18-7-3-2-4-8-18/h2-10,16-17H,11-15H2,1H3. The van der Waals surface area contributed by atoms with E-state index in [9.17, 15) is 4.79 Å². The van der Waals surface area contributed by atoms with Crippen molar-refractivity contribution in [1.82, 2.24) is 19.4 Å². The SMILES string of the molecule is CC(C(=O)N1CCN(Cc2ccccc2)CC1)n1cnc2ccccc21. The number of benzene rings is 2. The number of imidazole rings is 1. The zero-order valence-corrected chi connectivity index (χ0v) is 15.1. The van der Waals surface area contributed by atoms with E-state index in [0.717, 1.165) is 43.8 Å². The van der Waals surface area contributed by atoms with E-state index in [1.165, 1.54) is 5.56 Å². The first-order chi connectivity index (χ1) is 12.7. The first-order valence-electron chi connectivity index (χ1n) is 9.19. The number of amides is 1. The Labute approximate surface area is 153 Å². The number of piperazine rings is 1. The third kappa shape index (κ3) is 3.35. The monoisotopic (exact) mass is 348 g/mol. The number of hydrogen-bond donors (Lipinski definition) is 0. The Morgan fingerprint density at radius 3 is 2.46 bits per heavy atom. The predicted molar refractivity (Wildman–Crippen MR) is 103 cm³/mol. The van der Waals surface area contributed by atoms with Crippen molar-refractivity contribution in [2.24, 2.45) is 0 Å². The number of nitrogens with zero attached hydrogens (tertiary/aromatic N) is 4. The van der Waals surface area contributed by atoms with Gasteiger partial charge in [-0.1, -0.05) is 42.5 Å². The molecule has 0 radical (unpaired) electrons. The molecule has 1 aromatic heterocycles. The van der Waals surface area contributed by atoms with Crippen LogP contribution in [0.4, 0.5) is 0 Å². The largest absolute Gasteiger partial charge is 0.338 e. The van der Waals surface area contributed by atoms with E-state index in [-0.39, 0.29) is 11.9 Å². The van der Waals surface area contributed by atoms with Crippen LogP contribution < -0.4 is 0 Å². The fourth-order valence-corrected chi connectivity index (χ4v) is 3.64. The zero-order chi connectivity index (χ0) is 17.9. The fraction of sp³-hybridized carbons (Fsp3) is 0.333. The maximum atomic E-state index is 13.0. The number of aromatic nitrogens is 2. The van der Waals surface area contributed by atoms with Gasteiger partial charge < -0.3 is 9.47 Å². The van der Waals surface area contributed by atoms with Gasteiger partial charge in [0.25, 0.3) is 0 Å². The zero-order valence-electron chi connectivity index (χ0n) is 15.1. The maximum Gasteiger partial charge on any atom is 0.245 e. The number of rotatable bonds is 4. The second kappa shape index (κ2) is 7.30. The van der Waals surface area contributed by atoms with Gasteiger partial charge in [0.15, 0.2) is 0 Å². The van der Waals surface area contributed by atoms with Gasteiger partial charge in [0.05, 0.1) is 17.4 Å². The predicted octanol–water partition coefficient (Wildman–Crippen LogP) is 2.94. The Balaban J connectivity index is 1.39. The molecule has 1 fully saturated rings. The van der Waals surface area contributed by atoms with E-state index in [1.54, 1.807) is 6.33 Å². The van der Waals surface area contributed by atoms with Crippen LogP contribution in [0.25, 0.3) is 11.0 Å². The molecule has 1 aliphatic rings.